The van der Waals surface area contributed by atoms with Crippen molar-refractivity contribution in [3.05, 3.63) is 29.8 Å². The van der Waals surface area contributed by atoms with Gasteiger partial charge >= 0.3 is 0 Å². The van der Waals surface area contributed by atoms with Crippen LogP contribution >= 0.6 is 0 Å². The summed E-state index contributed by atoms with van der Waals surface area (Å²) in [6, 6.07) is 7.74. The normalized spacial score (nSPS) is 20.6. The fourth-order valence-corrected chi connectivity index (χ4v) is 2.56. The highest BCUT2D eigenvalue weighted by atomic mass is 16.3. The van der Waals surface area contributed by atoms with E-state index in [1.807, 2.05) is 12.1 Å². The number of ketones is 1. The maximum atomic E-state index is 11.2. The van der Waals surface area contributed by atoms with Gasteiger partial charge in [-0.3, -0.25) is 9.69 Å². The number of rotatable bonds is 4. The molecule has 2 rings (SSSR count). The van der Waals surface area contributed by atoms with Gasteiger partial charge in [0.15, 0.2) is 0 Å². The van der Waals surface area contributed by atoms with Gasteiger partial charge in [-0.25, -0.2) is 0 Å². The van der Waals surface area contributed by atoms with Crippen LogP contribution in [-0.2, 0) is 11.3 Å². The Balaban J connectivity index is 2.00. The Morgan fingerprint density at radius 2 is 2.35 bits per heavy atom. The third kappa shape index (κ3) is 3.30. The fraction of sp³-hybridized carbons (Fsp3) is 0.500. The molecule has 0 amide bonds. The fourth-order valence-electron chi connectivity index (χ4n) is 2.56. The smallest absolute Gasteiger partial charge is 0.131 e. The van der Waals surface area contributed by atoms with E-state index in [0.29, 0.717) is 18.2 Å². The molecule has 17 heavy (non-hydrogen) atoms. The summed E-state index contributed by atoms with van der Waals surface area (Å²) in [5.74, 6) is 0.572. The zero-order valence-electron chi connectivity index (χ0n) is 10.2. The van der Waals surface area contributed by atoms with Crippen LogP contribution in [0.4, 0.5) is 0 Å². The van der Waals surface area contributed by atoms with Crippen molar-refractivity contribution in [3.63, 3.8) is 0 Å². The Kier molecular flexibility index (Phi) is 3.79. The van der Waals surface area contributed by atoms with Crippen molar-refractivity contribution in [2.24, 2.45) is 0 Å². The number of likely N-dealkylation sites (tertiary alicyclic amines) is 1. The van der Waals surface area contributed by atoms with Crippen molar-refractivity contribution < 1.29 is 9.90 Å². The maximum Gasteiger partial charge on any atom is 0.131 e. The minimum absolute atomic E-state index is 0.262. The molecule has 1 unspecified atom stereocenters. The quantitative estimate of drug-likeness (QED) is 0.867. The molecule has 1 fully saturated rings. The summed E-state index contributed by atoms with van der Waals surface area (Å²) in [4.78, 5) is 13.5. The van der Waals surface area contributed by atoms with E-state index in [0.717, 1.165) is 31.5 Å². The lowest BCUT2D eigenvalue weighted by atomic mass is 10.1. The Hall–Kier alpha value is -1.35. The van der Waals surface area contributed by atoms with Gasteiger partial charge in [-0.05, 0) is 44.0 Å². The van der Waals surface area contributed by atoms with Gasteiger partial charge in [0.05, 0.1) is 0 Å². The minimum atomic E-state index is 0.262. The number of benzene rings is 1. The largest absolute Gasteiger partial charge is 0.508 e. The van der Waals surface area contributed by atoms with Gasteiger partial charge in [-0.1, -0.05) is 12.1 Å². The van der Waals surface area contributed by atoms with Crippen LogP contribution in [0.25, 0.3) is 0 Å². The first-order chi connectivity index (χ1) is 8.15. The monoisotopic (exact) mass is 233 g/mol. The number of carbonyl (C=O) groups is 1. The number of hydrogen-bond acceptors (Lipinski definition) is 3. The summed E-state index contributed by atoms with van der Waals surface area (Å²) >= 11 is 0. The van der Waals surface area contributed by atoms with Crippen molar-refractivity contribution in [2.45, 2.75) is 38.8 Å². The number of hydrogen-bond donors (Lipinski definition) is 1. The highest BCUT2D eigenvalue weighted by Gasteiger charge is 2.25. The van der Waals surface area contributed by atoms with Gasteiger partial charge in [-0.15, -0.1) is 0 Å². The molecule has 0 aliphatic carbocycles. The minimum Gasteiger partial charge on any atom is -0.508 e. The van der Waals surface area contributed by atoms with Crippen molar-refractivity contribution in [3.8, 4) is 5.75 Å². The highest BCUT2D eigenvalue weighted by molar-refractivity contribution is 5.76. The second-order valence-corrected chi connectivity index (χ2v) is 4.84. The van der Waals surface area contributed by atoms with Crippen molar-refractivity contribution >= 4 is 5.78 Å². The zero-order valence-corrected chi connectivity index (χ0v) is 10.2. The lowest BCUT2D eigenvalue weighted by molar-refractivity contribution is -0.118. The first-order valence-electron chi connectivity index (χ1n) is 6.16. The molecule has 92 valence electrons. The summed E-state index contributed by atoms with van der Waals surface area (Å²) in [6.07, 6.45) is 2.92. The van der Waals surface area contributed by atoms with Gasteiger partial charge in [0, 0.05) is 19.0 Å². The number of Topliss-reactive ketones (excluding diaryl/α,β-unsaturated/α-hetero) is 1. The molecule has 1 aliphatic rings. The third-order valence-electron chi connectivity index (χ3n) is 3.32. The number of phenols is 1. The molecule has 1 atom stereocenters. The van der Waals surface area contributed by atoms with Crippen molar-refractivity contribution in [1.29, 1.82) is 0 Å². The molecule has 0 radical (unpaired) electrons. The standard InChI is InChI=1S/C14H19NO2/c1-11(16)8-13-5-3-7-15(13)10-12-4-2-6-14(17)9-12/h2,4,6,9,13,17H,3,5,7-8,10H2,1H3. The highest BCUT2D eigenvalue weighted by Crippen LogP contribution is 2.23. The van der Waals surface area contributed by atoms with Gasteiger partial charge < -0.3 is 5.11 Å². The van der Waals surface area contributed by atoms with Gasteiger partial charge in [-0.2, -0.15) is 0 Å². The molecule has 3 heteroatoms. The maximum absolute atomic E-state index is 11.2. The molecule has 0 saturated carbocycles. The van der Waals surface area contributed by atoms with Crippen LogP contribution in [0.1, 0.15) is 31.7 Å². The average molecular weight is 233 g/mol. The molecule has 1 N–H and O–H groups in total. The van der Waals surface area contributed by atoms with Crippen LogP contribution in [-0.4, -0.2) is 28.4 Å². The number of aromatic hydroxyl groups is 1. The van der Waals surface area contributed by atoms with E-state index in [-0.39, 0.29) is 5.78 Å². The molecule has 0 aromatic heterocycles. The molecule has 1 heterocycles. The molecule has 3 nitrogen and oxygen atoms in total. The molecule has 1 saturated heterocycles. The Morgan fingerprint density at radius 3 is 3.06 bits per heavy atom. The van der Waals surface area contributed by atoms with E-state index in [2.05, 4.69) is 4.90 Å². The number of nitrogens with zero attached hydrogens (tertiary/aromatic N) is 1. The average Bonchev–Trinajstić information content (AvgIpc) is 2.65. The zero-order chi connectivity index (χ0) is 12.3. The second kappa shape index (κ2) is 5.32. The third-order valence-corrected chi connectivity index (χ3v) is 3.32. The molecular weight excluding hydrogens is 214 g/mol. The molecule has 1 aromatic rings. The van der Waals surface area contributed by atoms with E-state index in [9.17, 15) is 9.90 Å². The first-order valence-corrected chi connectivity index (χ1v) is 6.16. The van der Waals surface area contributed by atoms with Crippen LogP contribution in [0, 0.1) is 0 Å². The predicted octanol–water partition coefficient (Wildman–Crippen LogP) is 2.34. The van der Waals surface area contributed by atoms with Crippen molar-refractivity contribution in [2.75, 3.05) is 6.54 Å². The summed E-state index contributed by atoms with van der Waals surface area (Å²) in [5.41, 5.74) is 1.11. The van der Waals surface area contributed by atoms with Crippen LogP contribution < -0.4 is 0 Å². The molecule has 1 aliphatic heterocycles. The number of phenolic OH excluding ortho intramolecular Hbond substituents is 1. The molecule has 1 aromatic carbocycles. The van der Waals surface area contributed by atoms with E-state index in [1.165, 1.54) is 0 Å². The SMILES string of the molecule is CC(=O)CC1CCCN1Cc1cccc(O)c1. The first kappa shape index (κ1) is 12.1. The number of carbonyl (C=O) groups excluding carboxylic acids is 1. The lowest BCUT2D eigenvalue weighted by Gasteiger charge is -2.23. The molecule has 0 bridgehead atoms. The van der Waals surface area contributed by atoms with Crippen LogP contribution in [0.15, 0.2) is 24.3 Å². The van der Waals surface area contributed by atoms with Gasteiger partial charge in [0.25, 0.3) is 0 Å². The van der Waals surface area contributed by atoms with Crippen LogP contribution in [0.2, 0.25) is 0 Å². The lowest BCUT2D eigenvalue weighted by Crippen LogP contribution is -2.30. The second-order valence-electron chi connectivity index (χ2n) is 4.84. The summed E-state index contributed by atoms with van der Waals surface area (Å²) in [6.45, 7) is 3.53. The van der Waals surface area contributed by atoms with Crippen molar-refractivity contribution in [1.82, 2.24) is 4.90 Å². The van der Waals surface area contributed by atoms with E-state index in [4.69, 9.17) is 0 Å². The van der Waals surface area contributed by atoms with Gasteiger partial charge in [0.2, 0.25) is 0 Å². The predicted molar refractivity (Wildman–Crippen MR) is 66.8 cm³/mol. The topological polar surface area (TPSA) is 40.5 Å². The van der Waals surface area contributed by atoms with E-state index in [1.54, 1.807) is 19.1 Å². The summed E-state index contributed by atoms with van der Waals surface area (Å²) in [7, 11) is 0. The van der Waals surface area contributed by atoms with Crippen LogP contribution in [0.3, 0.4) is 0 Å². The Labute approximate surface area is 102 Å². The van der Waals surface area contributed by atoms with E-state index < -0.39 is 0 Å². The van der Waals surface area contributed by atoms with Gasteiger partial charge in [0.1, 0.15) is 11.5 Å². The van der Waals surface area contributed by atoms with E-state index >= 15 is 0 Å². The molecular formula is C14H19NO2. The summed E-state index contributed by atoms with van der Waals surface area (Å²) < 4.78 is 0. The Bertz CT molecular complexity index is 403. The molecule has 0 spiro atoms. The Morgan fingerprint density at radius 1 is 1.53 bits per heavy atom. The summed E-state index contributed by atoms with van der Waals surface area (Å²) in [5, 5.41) is 9.43. The van der Waals surface area contributed by atoms with Crippen LogP contribution in [0.5, 0.6) is 5.75 Å².